The van der Waals surface area contributed by atoms with Crippen molar-refractivity contribution in [3.8, 4) is 0 Å². The third kappa shape index (κ3) is 3.10. The van der Waals surface area contributed by atoms with E-state index in [0.717, 1.165) is 32.9 Å². The van der Waals surface area contributed by atoms with E-state index in [0.29, 0.717) is 5.82 Å². The van der Waals surface area contributed by atoms with E-state index >= 15 is 0 Å². The summed E-state index contributed by atoms with van der Waals surface area (Å²) in [7, 11) is 0. The van der Waals surface area contributed by atoms with Gasteiger partial charge in [-0.15, -0.1) is 0 Å². The van der Waals surface area contributed by atoms with Crippen LogP contribution in [0.25, 0.3) is 0 Å². The van der Waals surface area contributed by atoms with Crippen molar-refractivity contribution in [2.75, 3.05) is 11.1 Å². The van der Waals surface area contributed by atoms with Gasteiger partial charge < -0.3 is 11.1 Å². The van der Waals surface area contributed by atoms with Crippen molar-refractivity contribution in [1.29, 1.82) is 0 Å². The van der Waals surface area contributed by atoms with E-state index in [-0.39, 0.29) is 5.92 Å². The van der Waals surface area contributed by atoms with Gasteiger partial charge in [-0.05, 0) is 31.5 Å². The summed E-state index contributed by atoms with van der Waals surface area (Å²) in [6.07, 6.45) is 0. The van der Waals surface area contributed by atoms with E-state index < -0.39 is 0 Å². The summed E-state index contributed by atoms with van der Waals surface area (Å²) in [5.74, 6) is 2.28. The molecule has 0 aliphatic carbocycles. The maximum atomic E-state index is 5.98. The minimum Gasteiger partial charge on any atom is -0.383 e. The Balaban J connectivity index is 2.45. The molecule has 0 unspecified atom stereocenters. The van der Waals surface area contributed by atoms with Gasteiger partial charge in [0.1, 0.15) is 17.5 Å². The van der Waals surface area contributed by atoms with Crippen LogP contribution in [0.1, 0.15) is 36.7 Å². The van der Waals surface area contributed by atoms with Crippen molar-refractivity contribution in [2.45, 2.75) is 33.6 Å². The monoisotopic (exact) mass is 334 g/mol. The van der Waals surface area contributed by atoms with Crippen LogP contribution in [0.4, 0.5) is 17.3 Å². The second-order valence-electron chi connectivity index (χ2n) is 5.18. The van der Waals surface area contributed by atoms with Crippen LogP contribution in [0.3, 0.4) is 0 Å². The number of nitrogens with two attached hydrogens (primary N) is 1. The molecular formula is C15H19BrN4. The highest BCUT2D eigenvalue weighted by atomic mass is 79.9. The van der Waals surface area contributed by atoms with Crippen LogP contribution >= 0.6 is 15.9 Å². The maximum absolute atomic E-state index is 5.98. The van der Waals surface area contributed by atoms with Crippen LogP contribution in [0.5, 0.6) is 0 Å². The zero-order chi connectivity index (χ0) is 14.9. The Bertz CT molecular complexity index is 638. The molecular weight excluding hydrogens is 316 g/mol. The fourth-order valence-corrected chi connectivity index (χ4v) is 2.15. The summed E-state index contributed by atoms with van der Waals surface area (Å²) in [6.45, 7) is 8.09. The largest absolute Gasteiger partial charge is 0.383 e. The van der Waals surface area contributed by atoms with Gasteiger partial charge in [0.2, 0.25) is 0 Å². The number of anilines is 3. The molecule has 0 bridgehead atoms. The third-order valence-corrected chi connectivity index (χ3v) is 3.66. The van der Waals surface area contributed by atoms with Gasteiger partial charge in [0.05, 0.1) is 0 Å². The van der Waals surface area contributed by atoms with Gasteiger partial charge >= 0.3 is 0 Å². The standard InChI is InChI=1S/C15H19BrN4/c1-8(2)14-19-13(17)10(4)15(20-14)18-12-7-11(16)6-5-9(12)3/h5-8H,1-4H3,(H3,17,18,19,20). The SMILES string of the molecule is Cc1ccc(Br)cc1Nc1nc(C(C)C)nc(N)c1C. The van der Waals surface area contributed by atoms with Crippen molar-refractivity contribution in [3.05, 3.63) is 39.6 Å². The van der Waals surface area contributed by atoms with Crippen molar-refractivity contribution in [2.24, 2.45) is 0 Å². The van der Waals surface area contributed by atoms with Crippen LogP contribution in [-0.2, 0) is 0 Å². The summed E-state index contributed by atoms with van der Waals surface area (Å²) in [4.78, 5) is 8.91. The minimum absolute atomic E-state index is 0.238. The predicted octanol–water partition coefficient (Wildman–Crippen LogP) is 4.31. The van der Waals surface area contributed by atoms with Crippen LogP contribution in [-0.4, -0.2) is 9.97 Å². The summed E-state index contributed by atoms with van der Waals surface area (Å²) in [6, 6.07) is 6.10. The first kappa shape index (κ1) is 14.8. The number of hydrogen-bond donors (Lipinski definition) is 2. The Morgan fingerprint density at radius 3 is 2.55 bits per heavy atom. The van der Waals surface area contributed by atoms with Gasteiger partial charge in [-0.25, -0.2) is 9.97 Å². The number of aromatic nitrogens is 2. The topological polar surface area (TPSA) is 63.8 Å². The van der Waals surface area contributed by atoms with Crippen molar-refractivity contribution in [1.82, 2.24) is 9.97 Å². The smallest absolute Gasteiger partial charge is 0.139 e. The molecule has 3 N–H and O–H groups in total. The van der Waals surface area contributed by atoms with Gasteiger partial charge in [-0.2, -0.15) is 0 Å². The van der Waals surface area contributed by atoms with E-state index in [4.69, 9.17) is 5.73 Å². The number of hydrogen-bond acceptors (Lipinski definition) is 4. The van der Waals surface area contributed by atoms with Gasteiger partial charge in [0, 0.05) is 21.6 Å². The predicted molar refractivity (Wildman–Crippen MR) is 87.4 cm³/mol. The molecule has 20 heavy (non-hydrogen) atoms. The molecule has 0 fully saturated rings. The number of benzene rings is 1. The number of nitrogen functional groups attached to an aromatic ring is 1. The van der Waals surface area contributed by atoms with Gasteiger partial charge in [0.25, 0.3) is 0 Å². The summed E-state index contributed by atoms with van der Waals surface area (Å²) in [5.41, 5.74) is 9.01. The van der Waals surface area contributed by atoms with E-state index in [1.165, 1.54) is 0 Å². The highest BCUT2D eigenvalue weighted by molar-refractivity contribution is 9.10. The van der Waals surface area contributed by atoms with Gasteiger partial charge in [-0.1, -0.05) is 35.8 Å². The van der Waals surface area contributed by atoms with E-state index in [1.807, 2.05) is 19.1 Å². The molecule has 0 saturated carbocycles. The first-order chi connectivity index (χ1) is 9.38. The molecule has 0 aliphatic heterocycles. The highest BCUT2D eigenvalue weighted by Gasteiger charge is 2.12. The Kier molecular flexibility index (Phi) is 4.28. The van der Waals surface area contributed by atoms with Crippen LogP contribution in [0.2, 0.25) is 0 Å². The first-order valence-corrected chi connectivity index (χ1v) is 7.35. The lowest BCUT2D eigenvalue weighted by atomic mass is 10.1. The number of nitrogens with zero attached hydrogens (tertiary/aromatic N) is 2. The molecule has 1 aromatic heterocycles. The number of nitrogens with one attached hydrogen (secondary N) is 1. The zero-order valence-electron chi connectivity index (χ0n) is 12.2. The summed E-state index contributed by atoms with van der Waals surface area (Å²) >= 11 is 3.48. The quantitative estimate of drug-likeness (QED) is 0.877. The Morgan fingerprint density at radius 1 is 1.20 bits per heavy atom. The molecule has 106 valence electrons. The van der Waals surface area contributed by atoms with Gasteiger partial charge in [0.15, 0.2) is 0 Å². The molecule has 0 saturated heterocycles. The van der Waals surface area contributed by atoms with E-state index in [1.54, 1.807) is 0 Å². The normalized spacial score (nSPS) is 10.9. The van der Waals surface area contributed by atoms with Crippen molar-refractivity contribution >= 4 is 33.3 Å². The number of aryl methyl sites for hydroxylation is 1. The second kappa shape index (κ2) is 5.79. The average Bonchev–Trinajstić information content (AvgIpc) is 2.38. The average molecular weight is 335 g/mol. The Morgan fingerprint density at radius 2 is 1.90 bits per heavy atom. The van der Waals surface area contributed by atoms with Gasteiger partial charge in [-0.3, -0.25) is 0 Å². The van der Waals surface area contributed by atoms with E-state index in [2.05, 4.69) is 58.1 Å². The molecule has 4 nitrogen and oxygen atoms in total. The molecule has 0 spiro atoms. The molecule has 5 heteroatoms. The fourth-order valence-electron chi connectivity index (χ4n) is 1.79. The summed E-state index contributed by atoms with van der Waals surface area (Å²) < 4.78 is 1.02. The fraction of sp³-hybridized carbons (Fsp3) is 0.333. The van der Waals surface area contributed by atoms with E-state index in [9.17, 15) is 0 Å². The molecule has 0 radical (unpaired) electrons. The minimum atomic E-state index is 0.238. The molecule has 0 atom stereocenters. The lowest BCUT2D eigenvalue weighted by Crippen LogP contribution is -2.08. The van der Waals surface area contributed by atoms with Crippen LogP contribution in [0, 0.1) is 13.8 Å². The van der Waals surface area contributed by atoms with Crippen molar-refractivity contribution < 1.29 is 0 Å². The molecule has 1 heterocycles. The Hall–Kier alpha value is -1.62. The lowest BCUT2D eigenvalue weighted by molar-refractivity contribution is 0.776. The number of halogens is 1. The third-order valence-electron chi connectivity index (χ3n) is 3.17. The highest BCUT2D eigenvalue weighted by Crippen LogP contribution is 2.27. The molecule has 2 rings (SSSR count). The molecule has 0 amide bonds. The van der Waals surface area contributed by atoms with Crippen LogP contribution < -0.4 is 11.1 Å². The Labute approximate surface area is 128 Å². The first-order valence-electron chi connectivity index (χ1n) is 6.55. The maximum Gasteiger partial charge on any atom is 0.139 e. The lowest BCUT2D eigenvalue weighted by Gasteiger charge is -2.15. The summed E-state index contributed by atoms with van der Waals surface area (Å²) in [5, 5.41) is 3.36. The molecule has 1 aromatic carbocycles. The van der Waals surface area contributed by atoms with Crippen LogP contribution in [0.15, 0.2) is 22.7 Å². The zero-order valence-corrected chi connectivity index (χ0v) is 13.7. The molecule has 0 aliphatic rings. The number of rotatable bonds is 3. The van der Waals surface area contributed by atoms with Crippen molar-refractivity contribution in [3.63, 3.8) is 0 Å². The molecule has 2 aromatic rings. The second-order valence-corrected chi connectivity index (χ2v) is 6.10.